The number of rotatable bonds is 2. The number of ether oxygens (including phenoxy) is 2. The minimum Gasteiger partial charge on any atom is -0.489 e. The van der Waals surface area contributed by atoms with E-state index in [-0.39, 0.29) is 5.41 Å². The summed E-state index contributed by atoms with van der Waals surface area (Å²) >= 11 is 0. The third-order valence-electron chi connectivity index (χ3n) is 4.55. The molecule has 1 atom stereocenters. The van der Waals surface area contributed by atoms with Crippen molar-refractivity contribution in [2.24, 2.45) is 0 Å². The average molecular weight is 288 g/mol. The number of anilines is 1. The van der Waals surface area contributed by atoms with E-state index in [4.69, 9.17) is 9.47 Å². The third kappa shape index (κ3) is 2.42. The number of fused-ring (bicyclic) bond motifs is 1. The highest BCUT2D eigenvalue weighted by Gasteiger charge is 2.35. The predicted molar refractivity (Wildman–Crippen MR) is 85.1 cm³/mol. The summed E-state index contributed by atoms with van der Waals surface area (Å²) in [7, 11) is 0. The molecule has 2 aliphatic heterocycles. The Morgan fingerprint density at radius 2 is 2.24 bits per heavy atom. The smallest absolute Gasteiger partial charge is 0.172 e. The minimum atomic E-state index is 0.0876. The number of hydrogen-bond donors (Lipinski definition) is 0. The van der Waals surface area contributed by atoms with Crippen molar-refractivity contribution in [3.05, 3.63) is 23.9 Å². The van der Waals surface area contributed by atoms with Crippen molar-refractivity contribution in [1.82, 2.24) is 4.98 Å². The average Bonchev–Trinajstić information content (AvgIpc) is 2.47. The number of nitrogens with zero attached hydrogens (tertiary/aromatic N) is 2. The van der Waals surface area contributed by atoms with Crippen LogP contribution in [0.3, 0.4) is 0 Å². The lowest BCUT2D eigenvalue weighted by Gasteiger charge is -2.39. The summed E-state index contributed by atoms with van der Waals surface area (Å²) in [6.07, 6.45) is 4.83. The van der Waals surface area contributed by atoms with Crippen LogP contribution in [0.5, 0.6) is 5.75 Å². The van der Waals surface area contributed by atoms with E-state index in [0.717, 1.165) is 49.9 Å². The number of aromatic nitrogens is 1. The monoisotopic (exact) mass is 288 g/mol. The maximum absolute atomic E-state index is 6.04. The van der Waals surface area contributed by atoms with Gasteiger partial charge in [0.1, 0.15) is 0 Å². The van der Waals surface area contributed by atoms with Crippen LogP contribution in [0.2, 0.25) is 0 Å². The summed E-state index contributed by atoms with van der Waals surface area (Å²) in [6.45, 7) is 13.7. The van der Waals surface area contributed by atoms with Gasteiger partial charge in [-0.25, -0.2) is 4.98 Å². The van der Waals surface area contributed by atoms with Gasteiger partial charge in [0.15, 0.2) is 11.6 Å². The molecule has 21 heavy (non-hydrogen) atoms. The van der Waals surface area contributed by atoms with Gasteiger partial charge in [-0.05, 0) is 24.3 Å². The van der Waals surface area contributed by atoms with Gasteiger partial charge in [-0.2, -0.15) is 0 Å². The van der Waals surface area contributed by atoms with Gasteiger partial charge in [0.2, 0.25) is 0 Å². The predicted octanol–water partition coefficient (Wildman–Crippen LogP) is 3.01. The van der Waals surface area contributed by atoms with Crippen molar-refractivity contribution < 1.29 is 9.47 Å². The molecule has 0 amide bonds. The van der Waals surface area contributed by atoms with E-state index in [9.17, 15) is 0 Å². The lowest BCUT2D eigenvalue weighted by atomic mass is 9.78. The largest absolute Gasteiger partial charge is 0.489 e. The molecule has 0 bridgehead atoms. The molecule has 3 heterocycles. The molecule has 1 aromatic heterocycles. The van der Waals surface area contributed by atoms with Gasteiger partial charge in [-0.3, -0.25) is 0 Å². The Balaban J connectivity index is 2.13. The standard InChI is InChI=1S/C17H24N2O2/c1-5-13-10-18-16(19-7-9-20-11-12(19)2)15-14(13)17(3,4)6-8-21-15/h5,10,12H,1,6-9,11H2,2-4H3/t12-/m0/s1. The maximum atomic E-state index is 6.04. The molecule has 1 saturated heterocycles. The Labute approximate surface area is 126 Å². The summed E-state index contributed by atoms with van der Waals surface area (Å²) in [5.41, 5.74) is 2.41. The lowest BCUT2D eigenvalue weighted by molar-refractivity contribution is 0.0978. The summed E-state index contributed by atoms with van der Waals surface area (Å²) in [5, 5.41) is 0. The fourth-order valence-electron chi connectivity index (χ4n) is 3.27. The van der Waals surface area contributed by atoms with Crippen molar-refractivity contribution in [1.29, 1.82) is 0 Å². The van der Waals surface area contributed by atoms with Gasteiger partial charge in [0.05, 0.1) is 25.9 Å². The van der Waals surface area contributed by atoms with E-state index in [0.29, 0.717) is 6.04 Å². The SMILES string of the molecule is C=Cc1cnc(N2CCOC[C@@H]2C)c2c1C(C)(C)CCO2. The molecular formula is C17H24N2O2. The van der Waals surface area contributed by atoms with E-state index in [1.165, 1.54) is 5.56 Å². The van der Waals surface area contributed by atoms with E-state index in [2.05, 4.69) is 37.2 Å². The molecular weight excluding hydrogens is 264 g/mol. The molecule has 0 aliphatic carbocycles. The van der Waals surface area contributed by atoms with E-state index >= 15 is 0 Å². The van der Waals surface area contributed by atoms with Crippen molar-refractivity contribution in [3.63, 3.8) is 0 Å². The van der Waals surface area contributed by atoms with E-state index in [1.54, 1.807) is 0 Å². The van der Waals surface area contributed by atoms with E-state index in [1.807, 2.05) is 12.3 Å². The topological polar surface area (TPSA) is 34.6 Å². The van der Waals surface area contributed by atoms with Gasteiger partial charge in [-0.1, -0.05) is 26.5 Å². The Hall–Kier alpha value is -1.55. The molecule has 4 heteroatoms. The maximum Gasteiger partial charge on any atom is 0.172 e. The molecule has 0 radical (unpaired) electrons. The first-order valence-electron chi connectivity index (χ1n) is 7.67. The van der Waals surface area contributed by atoms with Crippen LogP contribution in [0, 0.1) is 0 Å². The molecule has 1 aromatic rings. The fraction of sp³-hybridized carbons (Fsp3) is 0.588. The van der Waals surface area contributed by atoms with Crippen LogP contribution in [-0.2, 0) is 10.2 Å². The summed E-state index contributed by atoms with van der Waals surface area (Å²) < 4.78 is 11.6. The number of pyridine rings is 1. The number of morpholine rings is 1. The normalized spacial score (nSPS) is 24.1. The zero-order valence-corrected chi connectivity index (χ0v) is 13.2. The molecule has 0 saturated carbocycles. The van der Waals surface area contributed by atoms with Gasteiger partial charge >= 0.3 is 0 Å². The Morgan fingerprint density at radius 1 is 1.43 bits per heavy atom. The van der Waals surface area contributed by atoms with Crippen molar-refractivity contribution >= 4 is 11.9 Å². The van der Waals surface area contributed by atoms with Crippen LogP contribution in [0.4, 0.5) is 5.82 Å². The summed E-state index contributed by atoms with van der Waals surface area (Å²) in [4.78, 5) is 6.98. The van der Waals surface area contributed by atoms with Crippen molar-refractivity contribution in [3.8, 4) is 5.75 Å². The van der Waals surface area contributed by atoms with Gasteiger partial charge in [-0.15, -0.1) is 0 Å². The minimum absolute atomic E-state index is 0.0876. The Bertz CT molecular complexity index is 554. The Kier molecular flexibility index (Phi) is 3.66. The van der Waals surface area contributed by atoms with Crippen LogP contribution < -0.4 is 9.64 Å². The van der Waals surface area contributed by atoms with Gasteiger partial charge in [0, 0.05) is 18.3 Å². The highest BCUT2D eigenvalue weighted by molar-refractivity contribution is 5.67. The highest BCUT2D eigenvalue weighted by Crippen LogP contribution is 2.45. The van der Waals surface area contributed by atoms with E-state index < -0.39 is 0 Å². The fourth-order valence-corrected chi connectivity index (χ4v) is 3.27. The molecule has 0 N–H and O–H groups in total. The van der Waals surface area contributed by atoms with Crippen LogP contribution >= 0.6 is 0 Å². The van der Waals surface area contributed by atoms with Crippen molar-refractivity contribution in [2.45, 2.75) is 38.6 Å². The summed E-state index contributed by atoms with van der Waals surface area (Å²) in [5.74, 6) is 1.90. The summed E-state index contributed by atoms with van der Waals surface area (Å²) in [6, 6.07) is 0.318. The second-order valence-corrected chi connectivity index (χ2v) is 6.55. The quantitative estimate of drug-likeness (QED) is 0.838. The second kappa shape index (κ2) is 5.34. The zero-order chi connectivity index (χ0) is 15.0. The highest BCUT2D eigenvalue weighted by atomic mass is 16.5. The van der Waals surface area contributed by atoms with Crippen LogP contribution in [0.15, 0.2) is 12.8 Å². The first-order chi connectivity index (χ1) is 10.0. The second-order valence-electron chi connectivity index (χ2n) is 6.55. The zero-order valence-electron chi connectivity index (χ0n) is 13.2. The molecule has 3 rings (SSSR count). The van der Waals surface area contributed by atoms with Gasteiger partial charge in [0.25, 0.3) is 0 Å². The van der Waals surface area contributed by atoms with Crippen molar-refractivity contribution in [2.75, 3.05) is 31.3 Å². The van der Waals surface area contributed by atoms with Crippen LogP contribution in [-0.4, -0.2) is 37.4 Å². The Morgan fingerprint density at radius 3 is 2.95 bits per heavy atom. The van der Waals surface area contributed by atoms with Gasteiger partial charge < -0.3 is 14.4 Å². The first-order valence-corrected chi connectivity index (χ1v) is 7.67. The first kappa shape index (κ1) is 14.4. The van der Waals surface area contributed by atoms with Crippen LogP contribution in [0.1, 0.15) is 38.3 Å². The molecule has 0 unspecified atom stereocenters. The molecule has 0 aromatic carbocycles. The molecule has 114 valence electrons. The molecule has 4 nitrogen and oxygen atoms in total. The molecule has 2 aliphatic rings. The third-order valence-corrected chi connectivity index (χ3v) is 4.55. The molecule has 1 fully saturated rings. The number of hydrogen-bond acceptors (Lipinski definition) is 4. The molecule has 0 spiro atoms. The lowest BCUT2D eigenvalue weighted by Crippen LogP contribution is -2.45. The van der Waals surface area contributed by atoms with Crippen LogP contribution in [0.25, 0.3) is 6.08 Å².